The third-order valence-electron chi connectivity index (χ3n) is 3.11. The van der Waals surface area contributed by atoms with Gasteiger partial charge in [-0.3, -0.25) is 0 Å². The van der Waals surface area contributed by atoms with Crippen molar-refractivity contribution in [2.24, 2.45) is 0 Å². The van der Waals surface area contributed by atoms with Gasteiger partial charge in [-0.2, -0.15) is 0 Å². The average molecular weight is 211 g/mol. The average Bonchev–Trinajstić information content (AvgIpc) is 2.67. The highest BCUT2D eigenvalue weighted by molar-refractivity contribution is 6.17. The molecule has 0 radical (unpaired) electrons. The summed E-state index contributed by atoms with van der Waals surface area (Å²) in [6.45, 7) is 2.26. The molecule has 1 aliphatic carbocycles. The van der Waals surface area contributed by atoms with Crippen LogP contribution >= 0.6 is 11.6 Å². The molecule has 0 saturated heterocycles. The Kier molecular flexibility index (Phi) is 2.73. The summed E-state index contributed by atoms with van der Waals surface area (Å²) in [7, 11) is 0. The summed E-state index contributed by atoms with van der Waals surface area (Å²) in [5, 5.41) is 0. The van der Waals surface area contributed by atoms with Crippen molar-refractivity contribution in [2.75, 3.05) is 0 Å². The van der Waals surface area contributed by atoms with Gasteiger partial charge in [0.15, 0.2) is 0 Å². The molecule has 0 atom stereocenters. The second-order valence-electron chi connectivity index (χ2n) is 4.32. The molecule has 1 aromatic rings. The molecule has 1 aromatic heterocycles. The molecule has 1 aliphatic rings. The summed E-state index contributed by atoms with van der Waals surface area (Å²) in [6.07, 6.45) is 8.73. The van der Waals surface area contributed by atoms with E-state index in [2.05, 4.69) is 16.9 Å². The first-order chi connectivity index (χ1) is 6.74. The minimum Gasteiger partial charge on any atom is -0.240 e. The van der Waals surface area contributed by atoms with Crippen molar-refractivity contribution < 1.29 is 0 Å². The zero-order valence-corrected chi connectivity index (χ0v) is 9.22. The highest BCUT2D eigenvalue weighted by atomic mass is 35.5. The van der Waals surface area contributed by atoms with Crippen LogP contribution in [0.4, 0.5) is 0 Å². The molecule has 1 fully saturated rings. The van der Waals surface area contributed by atoms with Crippen LogP contribution in [0.25, 0.3) is 0 Å². The highest BCUT2D eigenvalue weighted by Gasteiger charge is 2.32. The molecule has 1 saturated carbocycles. The largest absolute Gasteiger partial charge is 0.240 e. The van der Waals surface area contributed by atoms with E-state index in [-0.39, 0.29) is 5.41 Å². The number of hydrogen-bond acceptors (Lipinski definition) is 2. The maximum atomic E-state index is 5.69. The molecule has 2 nitrogen and oxygen atoms in total. The SMILES string of the molecule is CC1(c2ncc(CCl)cn2)CCCC1. The van der Waals surface area contributed by atoms with E-state index in [0.29, 0.717) is 5.88 Å². The first kappa shape index (κ1) is 9.91. The lowest BCUT2D eigenvalue weighted by molar-refractivity contribution is 0.458. The van der Waals surface area contributed by atoms with Crippen LogP contribution in [0.5, 0.6) is 0 Å². The Labute approximate surface area is 89.7 Å². The fourth-order valence-corrected chi connectivity index (χ4v) is 2.25. The Hall–Kier alpha value is -0.630. The van der Waals surface area contributed by atoms with Crippen LogP contribution in [0.3, 0.4) is 0 Å². The third kappa shape index (κ3) is 1.76. The number of halogens is 1. The van der Waals surface area contributed by atoms with Gasteiger partial charge in [-0.25, -0.2) is 9.97 Å². The van der Waals surface area contributed by atoms with Crippen LogP contribution in [0.15, 0.2) is 12.4 Å². The molecule has 0 spiro atoms. The summed E-state index contributed by atoms with van der Waals surface area (Å²) < 4.78 is 0. The minimum absolute atomic E-state index is 0.213. The van der Waals surface area contributed by atoms with Crippen molar-refractivity contribution in [3.63, 3.8) is 0 Å². The van der Waals surface area contributed by atoms with Crippen LogP contribution in [-0.4, -0.2) is 9.97 Å². The lowest BCUT2D eigenvalue weighted by Gasteiger charge is -2.21. The molecule has 0 unspecified atom stereocenters. The van der Waals surface area contributed by atoms with Gasteiger partial charge in [0.1, 0.15) is 5.82 Å². The van der Waals surface area contributed by atoms with Gasteiger partial charge in [-0.05, 0) is 12.8 Å². The zero-order chi connectivity index (χ0) is 10.0. The Morgan fingerprint density at radius 3 is 2.36 bits per heavy atom. The Balaban J connectivity index is 2.23. The second kappa shape index (κ2) is 3.85. The molecule has 1 heterocycles. The lowest BCUT2D eigenvalue weighted by Crippen LogP contribution is -2.20. The number of nitrogens with zero attached hydrogens (tertiary/aromatic N) is 2. The standard InChI is InChI=1S/C11H15ClN2/c1-11(4-2-3-5-11)10-13-7-9(6-12)8-14-10/h7-8H,2-6H2,1H3. The summed E-state index contributed by atoms with van der Waals surface area (Å²) in [4.78, 5) is 8.82. The van der Waals surface area contributed by atoms with Gasteiger partial charge in [0, 0.05) is 23.4 Å². The fraction of sp³-hybridized carbons (Fsp3) is 0.636. The number of rotatable bonds is 2. The molecule has 0 N–H and O–H groups in total. The van der Waals surface area contributed by atoms with E-state index in [1.54, 1.807) is 0 Å². The molecular formula is C11H15ClN2. The molecule has 0 amide bonds. The minimum atomic E-state index is 0.213. The van der Waals surface area contributed by atoms with Crippen LogP contribution < -0.4 is 0 Å². The van der Waals surface area contributed by atoms with Crippen LogP contribution in [0, 0.1) is 0 Å². The van der Waals surface area contributed by atoms with Gasteiger partial charge in [0.2, 0.25) is 0 Å². The zero-order valence-electron chi connectivity index (χ0n) is 8.46. The molecule has 14 heavy (non-hydrogen) atoms. The van der Waals surface area contributed by atoms with E-state index >= 15 is 0 Å². The van der Waals surface area contributed by atoms with E-state index in [4.69, 9.17) is 11.6 Å². The van der Waals surface area contributed by atoms with Gasteiger partial charge in [-0.1, -0.05) is 19.8 Å². The highest BCUT2D eigenvalue weighted by Crippen LogP contribution is 2.38. The normalized spacial score (nSPS) is 19.9. The Morgan fingerprint density at radius 1 is 1.29 bits per heavy atom. The van der Waals surface area contributed by atoms with Crippen LogP contribution in [0.2, 0.25) is 0 Å². The van der Waals surface area contributed by atoms with Crippen molar-refractivity contribution in [3.8, 4) is 0 Å². The predicted octanol–water partition coefficient (Wildman–Crippen LogP) is 3.05. The third-order valence-corrected chi connectivity index (χ3v) is 3.42. The van der Waals surface area contributed by atoms with Gasteiger partial charge in [0.25, 0.3) is 0 Å². The van der Waals surface area contributed by atoms with Crippen molar-refractivity contribution in [2.45, 2.75) is 43.9 Å². The number of hydrogen-bond donors (Lipinski definition) is 0. The maximum Gasteiger partial charge on any atom is 0.134 e. The maximum absolute atomic E-state index is 5.69. The molecule has 0 bridgehead atoms. The summed E-state index contributed by atoms with van der Waals surface area (Å²) in [6, 6.07) is 0. The quantitative estimate of drug-likeness (QED) is 0.702. The summed E-state index contributed by atoms with van der Waals surface area (Å²) >= 11 is 5.69. The fourth-order valence-electron chi connectivity index (χ4n) is 2.11. The molecule has 3 heteroatoms. The van der Waals surface area contributed by atoms with Crippen LogP contribution in [-0.2, 0) is 11.3 Å². The van der Waals surface area contributed by atoms with E-state index in [9.17, 15) is 0 Å². The summed E-state index contributed by atoms with van der Waals surface area (Å²) in [5.41, 5.74) is 1.21. The van der Waals surface area contributed by atoms with Gasteiger partial charge < -0.3 is 0 Å². The summed E-state index contributed by atoms with van der Waals surface area (Å²) in [5.74, 6) is 1.49. The molecular weight excluding hydrogens is 196 g/mol. The van der Waals surface area contributed by atoms with Crippen molar-refractivity contribution >= 4 is 11.6 Å². The Morgan fingerprint density at radius 2 is 1.86 bits per heavy atom. The lowest BCUT2D eigenvalue weighted by atomic mass is 9.88. The first-order valence-electron chi connectivity index (χ1n) is 5.12. The monoisotopic (exact) mass is 210 g/mol. The number of aromatic nitrogens is 2. The first-order valence-corrected chi connectivity index (χ1v) is 5.65. The van der Waals surface area contributed by atoms with Crippen molar-refractivity contribution in [1.82, 2.24) is 9.97 Å². The van der Waals surface area contributed by atoms with E-state index in [1.807, 2.05) is 12.4 Å². The molecule has 0 aliphatic heterocycles. The van der Waals surface area contributed by atoms with Gasteiger partial charge in [-0.15, -0.1) is 11.6 Å². The van der Waals surface area contributed by atoms with Crippen molar-refractivity contribution in [1.29, 1.82) is 0 Å². The molecule has 2 rings (SSSR count). The predicted molar refractivity (Wildman–Crippen MR) is 57.4 cm³/mol. The molecule has 76 valence electrons. The van der Waals surface area contributed by atoms with E-state index in [0.717, 1.165) is 11.4 Å². The van der Waals surface area contributed by atoms with E-state index in [1.165, 1.54) is 25.7 Å². The molecule has 0 aromatic carbocycles. The van der Waals surface area contributed by atoms with E-state index < -0.39 is 0 Å². The van der Waals surface area contributed by atoms with Crippen molar-refractivity contribution in [3.05, 3.63) is 23.8 Å². The van der Waals surface area contributed by atoms with Gasteiger partial charge >= 0.3 is 0 Å². The van der Waals surface area contributed by atoms with Gasteiger partial charge in [0.05, 0.1) is 5.88 Å². The number of alkyl halides is 1. The second-order valence-corrected chi connectivity index (χ2v) is 4.58. The Bertz CT molecular complexity index is 302. The van der Waals surface area contributed by atoms with Crippen LogP contribution in [0.1, 0.15) is 44.0 Å². The smallest absolute Gasteiger partial charge is 0.134 e. The topological polar surface area (TPSA) is 25.8 Å².